The summed E-state index contributed by atoms with van der Waals surface area (Å²) < 4.78 is 42.7. The third-order valence-corrected chi connectivity index (χ3v) is 5.35. The molecule has 1 unspecified atom stereocenters. The number of fused-ring (bicyclic) bond motifs is 1. The molecule has 1 atom stereocenters. The summed E-state index contributed by atoms with van der Waals surface area (Å²) in [7, 11) is 0. The molecule has 0 fully saturated rings. The Morgan fingerprint density at radius 2 is 1.85 bits per heavy atom. The summed E-state index contributed by atoms with van der Waals surface area (Å²) in [6.45, 7) is 2.20. The average Bonchev–Trinajstić information content (AvgIpc) is 3.20. The topological polar surface area (TPSA) is 112 Å². The first-order valence-corrected chi connectivity index (χ1v) is 10.2. The van der Waals surface area contributed by atoms with Gasteiger partial charge in [-0.05, 0) is 41.8 Å². The normalized spacial score (nSPS) is 15.4. The lowest BCUT2D eigenvalue weighted by Crippen LogP contribution is -2.40. The molecule has 1 aliphatic heterocycles. The van der Waals surface area contributed by atoms with E-state index in [-0.39, 0.29) is 31.2 Å². The Labute approximate surface area is 187 Å². The highest BCUT2D eigenvalue weighted by Crippen LogP contribution is 2.34. The summed E-state index contributed by atoms with van der Waals surface area (Å²) in [5, 5.41) is 27.6. The Hall–Kier alpha value is -3.41. The maximum absolute atomic E-state index is 13.9. The lowest BCUT2D eigenvalue weighted by atomic mass is 10.1. The van der Waals surface area contributed by atoms with Crippen LogP contribution in [0.3, 0.4) is 0 Å². The fourth-order valence-electron chi connectivity index (χ4n) is 3.68. The number of aryl methyl sites for hydroxylation is 1. The van der Waals surface area contributed by atoms with Gasteiger partial charge in [0.1, 0.15) is 5.69 Å². The van der Waals surface area contributed by atoms with Crippen LogP contribution in [0.15, 0.2) is 41.5 Å². The fraction of sp³-hybridized carbons (Fsp3) is 0.273. The molecule has 5 N–H and O–H groups in total. The van der Waals surface area contributed by atoms with E-state index in [1.807, 2.05) is 13.0 Å². The fourth-order valence-corrected chi connectivity index (χ4v) is 3.68. The molecule has 0 radical (unpaired) electrons. The largest absolute Gasteiger partial charge is 0.392 e. The zero-order chi connectivity index (χ0) is 23.7. The van der Waals surface area contributed by atoms with E-state index in [0.717, 1.165) is 17.7 Å². The molecule has 0 saturated heterocycles. The molecule has 3 aromatic rings. The van der Waals surface area contributed by atoms with Crippen LogP contribution in [0, 0.1) is 24.4 Å². The number of aliphatic imine (C=N–C) groups is 1. The van der Waals surface area contributed by atoms with E-state index in [1.165, 1.54) is 10.9 Å². The molecule has 4 rings (SSSR count). The second kappa shape index (κ2) is 9.22. The van der Waals surface area contributed by atoms with Crippen molar-refractivity contribution >= 4 is 17.3 Å². The maximum atomic E-state index is 13.9. The van der Waals surface area contributed by atoms with Gasteiger partial charge in [-0.15, -0.1) is 0 Å². The summed E-state index contributed by atoms with van der Waals surface area (Å²) in [6, 6.07) is 7.13. The summed E-state index contributed by atoms with van der Waals surface area (Å²) in [5.74, 6) is -3.98. The number of benzene rings is 2. The average molecular weight is 460 g/mol. The quantitative estimate of drug-likeness (QED) is 0.421. The minimum absolute atomic E-state index is 0.0905. The van der Waals surface area contributed by atoms with E-state index in [4.69, 9.17) is 5.73 Å². The highest BCUT2D eigenvalue weighted by molar-refractivity contribution is 6.07. The van der Waals surface area contributed by atoms with Crippen LogP contribution in [0.2, 0.25) is 0 Å². The van der Waals surface area contributed by atoms with E-state index in [1.54, 1.807) is 17.0 Å². The maximum Gasteiger partial charge on any atom is 0.206 e. The van der Waals surface area contributed by atoms with Crippen LogP contribution < -0.4 is 16.0 Å². The SMILES string of the molecule is Cc1ccc(CO)cc1NC1=NC(O)c2c(cnn2CCN)N1Cc1cc(F)c(F)c(F)c1. The molecule has 174 valence electrons. The Kier molecular flexibility index (Phi) is 6.36. The molecule has 2 heterocycles. The predicted octanol–water partition coefficient (Wildman–Crippen LogP) is 2.54. The van der Waals surface area contributed by atoms with Gasteiger partial charge in [-0.2, -0.15) is 5.10 Å². The molecular formula is C22H23F3N6O2. The van der Waals surface area contributed by atoms with Crippen LogP contribution in [0.1, 0.15) is 28.6 Å². The Balaban J connectivity index is 1.77. The van der Waals surface area contributed by atoms with Crippen LogP contribution in [-0.2, 0) is 19.7 Å². The monoisotopic (exact) mass is 460 g/mol. The Morgan fingerprint density at radius 1 is 1.12 bits per heavy atom. The summed E-state index contributed by atoms with van der Waals surface area (Å²) >= 11 is 0. The Bertz CT molecular complexity index is 1190. The Morgan fingerprint density at radius 3 is 2.52 bits per heavy atom. The van der Waals surface area contributed by atoms with Crippen molar-refractivity contribution < 1.29 is 23.4 Å². The first-order valence-electron chi connectivity index (χ1n) is 10.2. The van der Waals surface area contributed by atoms with Crippen LogP contribution in [0.4, 0.5) is 24.5 Å². The molecule has 11 heteroatoms. The molecule has 33 heavy (non-hydrogen) atoms. The van der Waals surface area contributed by atoms with Crippen LogP contribution in [0.5, 0.6) is 0 Å². The molecule has 1 aromatic heterocycles. The number of nitrogens with zero attached hydrogens (tertiary/aromatic N) is 4. The van der Waals surface area contributed by atoms with Crippen LogP contribution in [-0.4, -0.2) is 32.5 Å². The van der Waals surface area contributed by atoms with Gasteiger partial charge in [0.15, 0.2) is 23.7 Å². The van der Waals surface area contributed by atoms with Crippen LogP contribution in [0.25, 0.3) is 0 Å². The number of halogens is 3. The number of guanidine groups is 1. The standard InChI is InChI=1S/C22H23F3N6O2/c1-12-2-3-13(11-32)8-17(12)28-22-29-21(33)20-18(9-27-31(20)5-4-26)30(22)10-14-6-15(23)19(25)16(24)7-14/h2-3,6-9,21,32-33H,4-5,10-11,26H2,1H3,(H,28,29). The van der Waals surface area contributed by atoms with Crippen molar-refractivity contribution in [2.75, 3.05) is 16.8 Å². The highest BCUT2D eigenvalue weighted by atomic mass is 19.2. The minimum atomic E-state index is -1.55. The minimum Gasteiger partial charge on any atom is -0.392 e. The van der Waals surface area contributed by atoms with E-state index in [9.17, 15) is 23.4 Å². The van der Waals surface area contributed by atoms with Crippen molar-refractivity contribution in [3.63, 3.8) is 0 Å². The number of hydrogen-bond acceptors (Lipinski definition) is 7. The second-order valence-electron chi connectivity index (χ2n) is 7.65. The second-order valence-corrected chi connectivity index (χ2v) is 7.65. The number of rotatable bonds is 6. The summed E-state index contributed by atoms with van der Waals surface area (Å²) in [6.07, 6.45) is 0.230. The molecule has 2 aromatic carbocycles. The molecule has 0 spiro atoms. The third kappa shape index (κ3) is 4.42. The van der Waals surface area contributed by atoms with Crippen LogP contribution >= 0.6 is 0 Å². The van der Waals surface area contributed by atoms with Crippen molar-refractivity contribution in [1.82, 2.24) is 9.78 Å². The van der Waals surface area contributed by atoms with Gasteiger partial charge in [-0.3, -0.25) is 4.68 Å². The number of nitrogens with two attached hydrogens (primary N) is 1. The molecule has 0 saturated carbocycles. The number of nitrogens with one attached hydrogen (secondary N) is 1. The predicted molar refractivity (Wildman–Crippen MR) is 117 cm³/mol. The summed E-state index contributed by atoms with van der Waals surface area (Å²) in [5.41, 5.74) is 8.72. The lowest BCUT2D eigenvalue weighted by Gasteiger charge is -2.32. The van der Waals surface area contributed by atoms with Gasteiger partial charge in [-0.25, -0.2) is 18.2 Å². The zero-order valence-corrected chi connectivity index (χ0v) is 17.8. The number of aliphatic hydroxyl groups excluding tert-OH is 2. The van der Waals surface area contributed by atoms with E-state index in [0.29, 0.717) is 29.2 Å². The molecule has 0 bridgehead atoms. The first-order chi connectivity index (χ1) is 15.8. The van der Waals surface area contributed by atoms with Crippen molar-refractivity contribution in [3.05, 3.63) is 76.4 Å². The number of anilines is 2. The van der Waals surface area contributed by atoms with Crippen molar-refractivity contribution in [3.8, 4) is 0 Å². The van der Waals surface area contributed by atoms with Gasteiger partial charge >= 0.3 is 0 Å². The number of aliphatic hydroxyl groups is 2. The first kappa shape index (κ1) is 22.8. The third-order valence-electron chi connectivity index (χ3n) is 5.35. The van der Waals surface area contributed by atoms with Gasteiger partial charge in [-0.1, -0.05) is 12.1 Å². The molecule has 0 aliphatic carbocycles. The molecular weight excluding hydrogens is 437 g/mol. The van der Waals surface area contributed by atoms with Gasteiger partial charge in [0.05, 0.1) is 31.6 Å². The van der Waals surface area contributed by atoms with E-state index >= 15 is 0 Å². The van der Waals surface area contributed by atoms with E-state index in [2.05, 4.69) is 15.4 Å². The molecule has 8 nitrogen and oxygen atoms in total. The zero-order valence-electron chi connectivity index (χ0n) is 17.8. The molecule has 0 amide bonds. The van der Waals surface area contributed by atoms with Gasteiger partial charge in [0, 0.05) is 12.2 Å². The number of aromatic nitrogens is 2. The van der Waals surface area contributed by atoms with Gasteiger partial charge in [0.25, 0.3) is 0 Å². The lowest BCUT2D eigenvalue weighted by molar-refractivity contribution is 0.175. The number of hydrogen-bond donors (Lipinski definition) is 4. The molecule has 1 aliphatic rings. The van der Waals surface area contributed by atoms with Crippen molar-refractivity contribution in [2.24, 2.45) is 10.7 Å². The summed E-state index contributed by atoms with van der Waals surface area (Å²) in [4.78, 5) is 5.91. The highest BCUT2D eigenvalue weighted by Gasteiger charge is 2.31. The smallest absolute Gasteiger partial charge is 0.206 e. The van der Waals surface area contributed by atoms with Gasteiger partial charge in [0.2, 0.25) is 5.96 Å². The van der Waals surface area contributed by atoms with Crippen molar-refractivity contribution in [1.29, 1.82) is 0 Å². The van der Waals surface area contributed by atoms with Gasteiger partial charge < -0.3 is 26.2 Å². The van der Waals surface area contributed by atoms with Crippen molar-refractivity contribution in [2.45, 2.75) is 32.8 Å². The van der Waals surface area contributed by atoms with E-state index < -0.39 is 23.7 Å².